The fourth-order valence-corrected chi connectivity index (χ4v) is 5.89. The van der Waals surface area contributed by atoms with Crippen LogP contribution in [-0.4, -0.2) is 37.4 Å². The monoisotopic (exact) mass is 535 g/mol. The number of likely N-dealkylation sites (N-methyl/N-ethyl adjacent to an activating group) is 1. The Morgan fingerprint density at radius 2 is 1.56 bits per heavy atom. The summed E-state index contributed by atoms with van der Waals surface area (Å²) in [5, 5.41) is 3.01. The fraction of sp³-hybridized carbons (Fsp3) is 0.355. The minimum atomic E-state index is -2.73. The third kappa shape index (κ3) is 5.37. The van der Waals surface area contributed by atoms with Gasteiger partial charge >= 0.3 is 0 Å². The number of carbonyl (C=O) groups is 2. The lowest BCUT2D eigenvalue weighted by Gasteiger charge is -2.43. The molecule has 1 saturated carbocycles. The largest absolute Gasteiger partial charge is 0.365 e. The van der Waals surface area contributed by atoms with Gasteiger partial charge in [0.1, 0.15) is 5.82 Å². The zero-order chi connectivity index (χ0) is 27.6. The Balaban J connectivity index is 1.57. The van der Waals surface area contributed by atoms with Crippen LogP contribution in [0.3, 0.4) is 0 Å². The van der Waals surface area contributed by atoms with E-state index in [0.717, 1.165) is 11.3 Å². The second-order valence-corrected chi connectivity index (χ2v) is 10.5. The third-order valence-electron chi connectivity index (χ3n) is 7.91. The van der Waals surface area contributed by atoms with Gasteiger partial charge in [-0.05, 0) is 67.1 Å². The summed E-state index contributed by atoms with van der Waals surface area (Å²) in [4.78, 5) is 31.7. The number of benzene rings is 3. The highest BCUT2D eigenvalue weighted by Gasteiger charge is 2.53. The molecule has 5 nitrogen and oxygen atoms in total. The van der Waals surface area contributed by atoms with Crippen molar-refractivity contribution in [2.45, 2.75) is 56.0 Å². The maximum Gasteiger partial charge on any atom is 0.251 e. The predicted octanol–water partition coefficient (Wildman–Crippen LogP) is 5.83. The van der Waals surface area contributed by atoms with E-state index in [4.69, 9.17) is 0 Å². The van der Waals surface area contributed by atoms with Crippen molar-refractivity contribution in [2.75, 3.05) is 23.4 Å². The normalized spacial score (nSPS) is 20.2. The molecule has 1 fully saturated rings. The van der Waals surface area contributed by atoms with Crippen molar-refractivity contribution in [1.82, 2.24) is 5.32 Å². The zero-order valence-electron chi connectivity index (χ0n) is 21.9. The lowest BCUT2D eigenvalue weighted by molar-refractivity contribution is -0.132. The number of aryl methyl sites for hydroxylation is 1. The van der Waals surface area contributed by atoms with Crippen LogP contribution >= 0.6 is 0 Å². The topological polar surface area (TPSA) is 52.7 Å². The lowest BCUT2D eigenvalue weighted by atomic mass is 9.85. The molecule has 0 bridgehead atoms. The Labute approximate surface area is 226 Å². The van der Waals surface area contributed by atoms with E-state index < -0.39 is 29.2 Å². The minimum Gasteiger partial charge on any atom is -0.365 e. The highest BCUT2D eigenvalue weighted by molar-refractivity contribution is 6.06. The highest BCUT2D eigenvalue weighted by atomic mass is 19.3. The van der Waals surface area contributed by atoms with Crippen molar-refractivity contribution in [3.63, 3.8) is 0 Å². The van der Waals surface area contributed by atoms with Crippen LogP contribution in [-0.2, 0) is 21.5 Å². The van der Waals surface area contributed by atoms with E-state index in [9.17, 15) is 22.8 Å². The molecule has 2 aliphatic rings. The Hall–Kier alpha value is -3.81. The number of alkyl halides is 2. The molecule has 3 aromatic rings. The molecule has 0 heterocycles. The number of carbonyl (C=O) groups excluding carboxylic acids is 2. The fourth-order valence-electron chi connectivity index (χ4n) is 5.89. The van der Waals surface area contributed by atoms with Gasteiger partial charge in [0.2, 0.25) is 11.8 Å². The van der Waals surface area contributed by atoms with Crippen LogP contribution in [0.1, 0.15) is 43.2 Å². The van der Waals surface area contributed by atoms with E-state index in [0.29, 0.717) is 18.4 Å². The number of nitrogens with zero attached hydrogens (tertiary/aromatic N) is 2. The average Bonchev–Trinajstić information content (AvgIpc) is 3.31. The summed E-state index contributed by atoms with van der Waals surface area (Å²) in [6, 6.07) is 22.1. The van der Waals surface area contributed by atoms with E-state index in [1.165, 1.54) is 23.1 Å². The number of fused-ring (bicyclic) bond motifs is 1. The number of anilines is 2. The van der Waals surface area contributed by atoms with Crippen molar-refractivity contribution in [3.05, 3.63) is 95.8 Å². The number of para-hydroxylation sites is 1. The van der Waals surface area contributed by atoms with Gasteiger partial charge in [0.05, 0.1) is 6.54 Å². The van der Waals surface area contributed by atoms with Gasteiger partial charge in [0, 0.05) is 37.3 Å². The molecule has 8 heteroatoms. The summed E-state index contributed by atoms with van der Waals surface area (Å²) in [7, 11) is 1.79. The average molecular weight is 536 g/mol. The Morgan fingerprint density at radius 1 is 0.897 bits per heavy atom. The molecule has 204 valence electrons. The lowest BCUT2D eigenvalue weighted by Crippen LogP contribution is -2.61. The van der Waals surface area contributed by atoms with Gasteiger partial charge in [-0.2, -0.15) is 0 Å². The van der Waals surface area contributed by atoms with Crippen molar-refractivity contribution >= 4 is 23.2 Å². The van der Waals surface area contributed by atoms with Gasteiger partial charge in [0.15, 0.2) is 5.54 Å². The first-order valence-corrected chi connectivity index (χ1v) is 13.3. The first-order chi connectivity index (χ1) is 18.7. The molecule has 0 saturated heterocycles. The molecule has 0 spiro atoms. The van der Waals surface area contributed by atoms with Crippen LogP contribution in [0.4, 0.5) is 24.5 Å². The van der Waals surface area contributed by atoms with E-state index in [-0.39, 0.29) is 43.8 Å². The molecule has 5 rings (SSSR count). The molecule has 2 amide bonds. The van der Waals surface area contributed by atoms with Gasteiger partial charge in [-0.3, -0.25) is 14.5 Å². The molecular weight excluding hydrogens is 503 g/mol. The molecule has 39 heavy (non-hydrogen) atoms. The molecule has 2 aliphatic carbocycles. The smallest absolute Gasteiger partial charge is 0.251 e. The zero-order valence-corrected chi connectivity index (χ0v) is 21.9. The molecule has 3 aromatic carbocycles. The number of hydrogen-bond acceptors (Lipinski definition) is 3. The second-order valence-electron chi connectivity index (χ2n) is 10.5. The maximum atomic E-state index is 14.6. The third-order valence-corrected chi connectivity index (χ3v) is 7.91. The number of halogens is 3. The van der Waals surface area contributed by atoms with Crippen molar-refractivity contribution in [2.24, 2.45) is 0 Å². The van der Waals surface area contributed by atoms with Crippen molar-refractivity contribution in [1.29, 1.82) is 0 Å². The van der Waals surface area contributed by atoms with Crippen molar-refractivity contribution in [3.8, 4) is 0 Å². The summed E-state index contributed by atoms with van der Waals surface area (Å²) in [5.41, 5.74) is 1.22. The van der Waals surface area contributed by atoms with Crippen LogP contribution < -0.4 is 15.1 Å². The highest BCUT2D eigenvalue weighted by Crippen LogP contribution is 2.45. The Morgan fingerprint density at radius 3 is 2.28 bits per heavy atom. The molecule has 0 aliphatic heterocycles. The summed E-state index contributed by atoms with van der Waals surface area (Å²) >= 11 is 0. The molecule has 1 atom stereocenters. The predicted molar refractivity (Wildman–Crippen MR) is 145 cm³/mol. The summed E-state index contributed by atoms with van der Waals surface area (Å²) in [5.74, 6) is -4.07. The summed E-state index contributed by atoms with van der Waals surface area (Å²) in [6.45, 7) is -0.0621. The van der Waals surface area contributed by atoms with Gasteiger partial charge in [-0.15, -0.1) is 0 Å². The first-order valence-electron chi connectivity index (χ1n) is 13.3. The van der Waals surface area contributed by atoms with Crippen LogP contribution in [0, 0.1) is 5.82 Å². The number of hydrogen-bond donors (Lipinski definition) is 1. The van der Waals surface area contributed by atoms with Gasteiger partial charge in [0.25, 0.3) is 5.91 Å². The number of rotatable bonds is 7. The minimum absolute atomic E-state index is 0.0621. The van der Waals surface area contributed by atoms with E-state index in [2.05, 4.69) is 5.32 Å². The van der Waals surface area contributed by atoms with E-state index in [1.54, 1.807) is 18.0 Å². The number of nitrogens with one attached hydrogen (secondary N) is 1. The quantitative estimate of drug-likeness (QED) is 0.414. The molecule has 1 N–H and O–H groups in total. The SMILES string of the molecule is CN(CC(=O)N(c1cccc(F)c1)C1(C(=O)NC2CCC(F)(F)CC2)CCc2ccccc21)c1ccccc1. The molecule has 0 radical (unpaired) electrons. The molecule has 1 unspecified atom stereocenters. The number of amides is 2. The Bertz CT molecular complexity index is 1340. The second kappa shape index (κ2) is 10.8. The van der Waals surface area contributed by atoms with Crippen LogP contribution in [0.15, 0.2) is 78.9 Å². The maximum absolute atomic E-state index is 14.6. The molecular formula is C31H32F3N3O2. The molecule has 0 aromatic heterocycles. The van der Waals surface area contributed by atoms with E-state index in [1.807, 2.05) is 54.6 Å². The van der Waals surface area contributed by atoms with Crippen molar-refractivity contribution < 1.29 is 22.8 Å². The summed E-state index contributed by atoms with van der Waals surface area (Å²) in [6.07, 6.45) is 0.548. The Kier molecular flexibility index (Phi) is 7.38. The van der Waals surface area contributed by atoms with Crippen LogP contribution in [0.5, 0.6) is 0 Å². The summed E-state index contributed by atoms with van der Waals surface area (Å²) < 4.78 is 42.2. The van der Waals surface area contributed by atoms with Gasteiger partial charge < -0.3 is 10.2 Å². The van der Waals surface area contributed by atoms with Gasteiger partial charge in [-0.25, -0.2) is 13.2 Å². The standard InChI is InChI=1S/C31H32F3N3O2/c1-36(25-10-3-2-4-11-25)21-28(38)37(26-12-7-9-23(32)20-26)31(19-14-22-8-5-6-13-27(22)31)29(39)35-24-15-17-30(33,34)18-16-24/h2-13,20,24H,14-19,21H2,1H3,(H,35,39). The first kappa shape index (κ1) is 26.8. The van der Waals surface area contributed by atoms with Crippen LogP contribution in [0.2, 0.25) is 0 Å². The van der Waals surface area contributed by atoms with Gasteiger partial charge in [-0.1, -0.05) is 48.5 Å². The van der Waals surface area contributed by atoms with E-state index >= 15 is 0 Å². The van der Waals surface area contributed by atoms with Crippen LogP contribution in [0.25, 0.3) is 0 Å².